The van der Waals surface area contributed by atoms with Crippen molar-refractivity contribution in [2.75, 3.05) is 13.2 Å². The van der Waals surface area contributed by atoms with Gasteiger partial charge >= 0.3 is 8.56 Å². The Morgan fingerprint density at radius 2 is 2.33 bits per heavy atom. The lowest BCUT2D eigenvalue weighted by Crippen LogP contribution is -2.28. The van der Waals surface area contributed by atoms with Crippen molar-refractivity contribution >= 4 is 8.56 Å². The van der Waals surface area contributed by atoms with Crippen molar-refractivity contribution in [2.45, 2.75) is 19.2 Å². The van der Waals surface area contributed by atoms with E-state index < -0.39 is 8.56 Å². The highest BCUT2D eigenvalue weighted by molar-refractivity contribution is 6.65. The number of aliphatic hydroxyl groups is 1. The molecule has 0 bridgehead atoms. The van der Waals surface area contributed by atoms with Crippen LogP contribution in [0.5, 0.6) is 0 Å². The highest BCUT2D eigenvalue weighted by Crippen LogP contribution is 2.17. The van der Waals surface area contributed by atoms with E-state index in [2.05, 4.69) is 0 Å². The minimum absolute atomic E-state index is 0.0633. The molecule has 54 valence electrons. The third-order valence-electron chi connectivity index (χ3n) is 1.27. The molecule has 1 aliphatic heterocycles. The molecule has 1 rings (SSSR count). The summed E-state index contributed by atoms with van der Waals surface area (Å²) < 4.78 is 10.7. The van der Waals surface area contributed by atoms with Crippen LogP contribution in [0.2, 0.25) is 13.1 Å². The summed E-state index contributed by atoms with van der Waals surface area (Å²) in [5.41, 5.74) is 0. The van der Waals surface area contributed by atoms with Crippen LogP contribution in [0.25, 0.3) is 0 Å². The zero-order chi connectivity index (χ0) is 6.91. The average Bonchev–Trinajstić information content (AvgIpc) is 2.10. The predicted molar refractivity (Wildman–Crippen MR) is 35.4 cm³/mol. The zero-order valence-corrected chi connectivity index (χ0v) is 6.76. The zero-order valence-electron chi connectivity index (χ0n) is 5.76. The lowest BCUT2D eigenvalue weighted by Gasteiger charge is -2.11. The third kappa shape index (κ3) is 1.75. The fraction of sp³-hybridized carbons (Fsp3) is 1.00. The van der Waals surface area contributed by atoms with Gasteiger partial charge in [-0.25, -0.2) is 0 Å². The molecule has 0 radical (unpaired) electrons. The highest BCUT2D eigenvalue weighted by Gasteiger charge is 2.35. The van der Waals surface area contributed by atoms with Crippen molar-refractivity contribution in [1.29, 1.82) is 0 Å². The second-order valence-electron chi connectivity index (χ2n) is 2.63. The number of hydrogen-bond acceptors (Lipinski definition) is 3. The van der Waals surface area contributed by atoms with Gasteiger partial charge in [0.2, 0.25) is 0 Å². The van der Waals surface area contributed by atoms with Gasteiger partial charge in [0.1, 0.15) is 0 Å². The maximum absolute atomic E-state index is 8.62. The SMILES string of the molecule is C[Si]1(C)OCC(CO)O1. The second kappa shape index (κ2) is 2.38. The summed E-state index contributed by atoms with van der Waals surface area (Å²) in [5, 5.41) is 8.62. The van der Waals surface area contributed by atoms with Gasteiger partial charge in [0, 0.05) is 0 Å². The Labute approximate surface area is 55.8 Å². The maximum atomic E-state index is 8.62. The summed E-state index contributed by atoms with van der Waals surface area (Å²) in [6.45, 7) is 4.59. The normalized spacial score (nSPS) is 33.0. The van der Waals surface area contributed by atoms with E-state index in [1.165, 1.54) is 0 Å². The van der Waals surface area contributed by atoms with Gasteiger partial charge in [0.25, 0.3) is 0 Å². The van der Waals surface area contributed by atoms with E-state index in [1.807, 2.05) is 13.1 Å². The minimum Gasteiger partial charge on any atom is -0.394 e. The lowest BCUT2D eigenvalue weighted by molar-refractivity contribution is 0.131. The Morgan fingerprint density at radius 3 is 2.56 bits per heavy atom. The largest absolute Gasteiger partial charge is 0.394 e. The van der Waals surface area contributed by atoms with E-state index >= 15 is 0 Å². The smallest absolute Gasteiger partial charge is 0.332 e. The molecule has 3 nitrogen and oxygen atoms in total. The fourth-order valence-corrected chi connectivity index (χ4v) is 2.45. The van der Waals surface area contributed by atoms with Crippen LogP contribution < -0.4 is 0 Å². The van der Waals surface area contributed by atoms with Crippen molar-refractivity contribution in [3.8, 4) is 0 Å². The third-order valence-corrected chi connectivity index (χ3v) is 3.03. The topological polar surface area (TPSA) is 38.7 Å². The van der Waals surface area contributed by atoms with Gasteiger partial charge in [-0.2, -0.15) is 0 Å². The summed E-state index contributed by atoms with van der Waals surface area (Å²) in [6.07, 6.45) is -0.0633. The second-order valence-corrected chi connectivity index (χ2v) is 5.96. The van der Waals surface area contributed by atoms with Gasteiger partial charge in [-0.05, 0) is 13.1 Å². The maximum Gasteiger partial charge on any atom is 0.332 e. The molecule has 1 aliphatic rings. The van der Waals surface area contributed by atoms with Gasteiger partial charge in [-0.1, -0.05) is 0 Å². The molecule has 0 aromatic heterocycles. The standard InChI is InChI=1S/C5H12O3Si/c1-9(2)7-4-5(3-6)8-9/h5-6H,3-4H2,1-2H3. The number of hydrogen-bond donors (Lipinski definition) is 1. The van der Waals surface area contributed by atoms with Crippen LogP contribution in [0.15, 0.2) is 0 Å². The number of aliphatic hydroxyl groups excluding tert-OH is 1. The van der Waals surface area contributed by atoms with Crippen LogP contribution in [-0.2, 0) is 8.85 Å². The van der Waals surface area contributed by atoms with Crippen LogP contribution >= 0.6 is 0 Å². The Bertz CT molecular complexity index is 104. The molecular formula is C5H12O3Si. The monoisotopic (exact) mass is 148 g/mol. The molecule has 0 aliphatic carbocycles. The van der Waals surface area contributed by atoms with Gasteiger partial charge in [0.05, 0.1) is 19.3 Å². The molecule has 1 unspecified atom stereocenters. The van der Waals surface area contributed by atoms with Crippen LogP contribution in [0.1, 0.15) is 0 Å². The fourth-order valence-electron chi connectivity index (χ4n) is 0.853. The molecule has 1 saturated heterocycles. The Morgan fingerprint density at radius 1 is 1.67 bits per heavy atom. The first-order chi connectivity index (χ1) is 4.14. The van der Waals surface area contributed by atoms with E-state index in [-0.39, 0.29) is 12.7 Å². The van der Waals surface area contributed by atoms with Crippen molar-refractivity contribution in [3.05, 3.63) is 0 Å². The molecule has 1 atom stereocenters. The van der Waals surface area contributed by atoms with Crippen LogP contribution in [0, 0.1) is 0 Å². The van der Waals surface area contributed by atoms with E-state index in [1.54, 1.807) is 0 Å². The van der Waals surface area contributed by atoms with Crippen molar-refractivity contribution in [1.82, 2.24) is 0 Å². The Hall–Kier alpha value is 0.0969. The summed E-state index contributed by atoms with van der Waals surface area (Å²) in [4.78, 5) is 0. The molecule has 1 fully saturated rings. The molecule has 0 amide bonds. The van der Waals surface area contributed by atoms with E-state index in [0.717, 1.165) is 0 Å². The quantitative estimate of drug-likeness (QED) is 0.536. The average molecular weight is 148 g/mol. The molecule has 1 N–H and O–H groups in total. The lowest BCUT2D eigenvalue weighted by atomic mass is 10.4. The number of rotatable bonds is 1. The molecule has 0 spiro atoms. The van der Waals surface area contributed by atoms with Crippen molar-refractivity contribution in [3.63, 3.8) is 0 Å². The molecule has 0 aromatic rings. The molecule has 9 heavy (non-hydrogen) atoms. The molecule has 0 saturated carbocycles. The summed E-state index contributed by atoms with van der Waals surface area (Å²) >= 11 is 0. The first-order valence-corrected chi connectivity index (χ1v) is 5.88. The minimum atomic E-state index is -1.78. The summed E-state index contributed by atoms with van der Waals surface area (Å²) in [6, 6.07) is 0. The van der Waals surface area contributed by atoms with Gasteiger partial charge < -0.3 is 14.0 Å². The van der Waals surface area contributed by atoms with Crippen molar-refractivity contribution < 1.29 is 14.0 Å². The van der Waals surface area contributed by atoms with Crippen LogP contribution in [0.3, 0.4) is 0 Å². The first kappa shape index (κ1) is 7.21. The molecule has 0 aromatic carbocycles. The molecule has 1 heterocycles. The highest BCUT2D eigenvalue weighted by atomic mass is 28.4. The van der Waals surface area contributed by atoms with E-state index in [4.69, 9.17) is 14.0 Å². The van der Waals surface area contributed by atoms with Gasteiger partial charge in [-0.15, -0.1) is 0 Å². The van der Waals surface area contributed by atoms with Gasteiger partial charge in [-0.3, -0.25) is 0 Å². The van der Waals surface area contributed by atoms with Crippen LogP contribution in [0.4, 0.5) is 0 Å². The Kier molecular flexibility index (Phi) is 1.90. The molecular weight excluding hydrogens is 136 g/mol. The Balaban J connectivity index is 2.38. The summed E-state index contributed by atoms with van der Waals surface area (Å²) in [7, 11) is -1.78. The van der Waals surface area contributed by atoms with Crippen LogP contribution in [-0.4, -0.2) is 33.0 Å². The van der Waals surface area contributed by atoms with E-state index in [0.29, 0.717) is 6.61 Å². The first-order valence-electron chi connectivity index (χ1n) is 3.07. The van der Waals surface area contributed by atoms with Crippen molar-refractivity contribution in [2.24, 2.45) is 0 Å². The predicted octanol–water partition coefficient (Wildman–Crippen LogP) is 0.0959. The summed E-state index contributed by atoms with van der Waals surface area (Å²) in [5.74, 6) is 0. The van der Waals surface area contributed by atoms with E-state index in [9.17, 15) is 0 Å². The molecule has 4 heteroatoms. The van der Waals surface area contributed by atoms with Gasteiger partial charge in [0.15, 0.2) is 0 Å².